The molecule has 1 N–H and O–H groups in total. The molecule has 1 atom stereocenters. The monoisotopic (exact) mass is 345 g/mol. The second-order valence-corrected chi connectivity index (χ2v) is 5.87. The summed E-state index contributed by atoms with van der Waals surface area (Å²) in [5.74, 6) is 0.727. The zero-order valence-electron chi connectivity index (χ0n) is 13.6. The SMILES string of the molecule is CN(CCOc1ccccc1)C(=O)N[C@H]1CCN(CC(F)(F)F)C1. The third-order valence-corrected chi connectivity index (χ3v) is 3.79. The van der Waals surface area contributed by atoms with Crippen molar-refractivity contribution in [2.45, 2.75) is 18.6 Å². The molecule has 1 aliphatic rings. The largest absolute Gasteiger partial charge is 0.492 e. The summed E-state index contributed by atoms with van der Waals surface area (Å²) in [6.07, 6.45) is -3.68. The molecular formula is C16H22F3N3O2. The Morgan fingerprint density at radius 1 is 1.38 bits per heavy atom. The van der Waals surface area contributed by atoms with Gasteiger partial charge in [-0.25, -0.2) is 4.79 Å². The summed E-state index contributed by atoms with van der Waals surface area (Å²) in [5.41, 5.74) is 0. The number of carbonyl (C=O) groups is 1. The Bertz CT molecular complexity index is 525. The molecule has 0 spiro atoms. The van der Waals surface area contributed by atoms with Gasteiger partial charge in [-0.15, -0.1) is 0 Å². The van der Waals surface area contributed by atoms with Crippen LogP contribution in [-0.4, -0.2) is 67.9 Å². The minimum Gasteiger partial charge on any atom is -0.492 e. The minimum atomic E-state index is -4.20. The predicted molar refractivity (Wildman–Crippen MR) is 84.0 cm³/mol. The lowest BCUT2D eigenvalue weighted by atomic mass is 10.3. The number of para-hydroxylation sites is 1. The molecule has 1 heterocycles. The predicted octanol–water partition coefficient (Wildman–Crippen LogP) is 2.34. The summed E-state index contributed by atoms with van der Waals surface area (Å²) in [4.78, 5) is 14.8. The van der Waals surface area contributed by atoms with E-state index in [-0.39, 0.29) is 18.6 Å². The van der Waals surface area contributed by atoms with Gasteiger partial charge in [0.25, 0.3) is 0 Å². The lowest BCUT2D eigenvalue weighted by Gasteiger charge is -2.22. The van der Waals surface area contributed by atoms with Gasteiger partial charge in [0.2, 0.25) is 0 Å². The molecule has 0 saturated carbocycles. The van der Waals surface area contributed by atoms with Crippen LogP contribution in [-0.2, 0) is 0 Å². The average molecular weight is 345 g/mol. The number of rotatable bonds is 6. The quantitative estimate of drug-likeness (QED) is 0.861. The number of nitrogens with zero attached hydrogens (tertiary/aromatic N) is 2. The van der Waals surface area contributed by atoms with Gasteiger partial charge >= 0.3 is 12.2 Å². The van der Waals surface area contributed by atoms with E-state index in [9.17, 15) is 18.0 Å². The Balaban J connectivity index is 1.66. The van der Waals surface area contributed by atoms with Crippen LogP contribution in [0.2, 0.25) is 0 Å². The molecule has 2 amide bonds. The molecule has 0 bridgehead atoms. The number of nitrogens with one attached hydrogen (secondary N) is 1. The summed E-state index contributed by atoms with van der Waals surface area (Å²) in [6.45, 7) is 0.365. The van der Waals surface area contributed by atoms with Crippen LogP contribution < -0.4 is 10.1 Å². The first kappa shape index (κ1) is 18.4. The molecule has 5 nitrogen and oxygen atoms in total. The van der Waals surface area contributed by atoms with E-state index >= 15 is 0 Å². The Hall–Kier alpha value is -1.96. The van der Waals surface area contributed by atoms with E-state index in [1.165, 1.54) is 9.80 Å². The zero-order chi connectivity index (χ0) is 17.6. The molecule has 134 valence electrons. The third-order valence-electron chi connectivity index (χ3n) is 3.79. The molecule has 1 aromatic carbocycles. The smallest absolute Gasteiger partial charge is 0.401 e. The number of hydrogen-bond donors (Lipinski definition) is 1. The van der Waals surface area contributed by atoms with Crippen LogP contribution in [0.4, 0.5) is 18.0 Å². The van der Waals surface area contributed by atoms with Crippen molar-refractivity contribution in [1.82, 2.24) is 15.1 Å². The van der Waals surface area contributed by atoms with Crippen molar-refractivity contribution in [1.29, 1.82) is 0 Å². The number of likely N-dealkylation sites (N-methyl/N-ethyl adjacent to an activating group) is 1. The lowest BCUT2D eigenvalue weighted by Crippen LogP contribution is -2.45. The highest BCUT2D eigenvalue weighted by Crippen LogP contribution is 2.20. The summed E-state index contributed by atoms with van der Waals surface area (Å²) in [7, 11) is 1.63. The summed E-state index contributed by atoms with van der Waals surface area (Å²) in [5, 5.41) is 2.77. The van der Waals surface area contributed by atoms with Crippen molar-refractivity contribution >= 4 is 6.03 Å². The van der Waals surface area contributed by atoms with Crippen molar-refractivity contribution in [3.05, 3.63) is 30.3 Å². The number of amides is 2. The van der Waals surface area contributed by atoms with Crippen LogP contribution in [0.3, 0.4) is 0 Å². The van der Waals surface area contributed by atoms with E-state index < -0.39 is 12.7 Å². The molecule has 0 aliphatic carbocycles. The molecule has 0 aromatic heterocycles. The van der Waals surface area contributed by atoms with E-state index in [1.807, 2.05) is 30.3 Å². The highest BCUT2D eigenvalue weighted by molar-refractivity contribution is 5.74. The summed E-state index contributed by atoms with van der Waals surface area (Å²) in [6, 6.07) is 8.71. The average Bonchev–Trinajstić information content (AvgIpc) is 2.93. The fourth-order valence-corrected chi connectivity index (χ4v) is 2.55. The van der Waals surface area contributed by atoms with Gasteiger partial charge in [-0.05, 0) is 18.6 Å². The molecule has 2 rings (SSSR count). The molecule has 1 saturated heterocycles. The first-order valence-electron chi connectivity index (χ1n) is 7.82. The van der Waals surface area contributed by atoms with Crippen molar-refractivity contribution in [2.75, 3.05) is 39.8 Å². The number of ether oxygens (including phenoxy) is 1. The number of carbonyl (C=O) groups excluding carboxylic acids is 1. The van der Waals surface area contributed by atoms with Gasteiger partial charge in [0, 0.05) is 26.2 Å². The molecule has 0 unspecified atom stereocenters. The molecule has 1 aliphatic heterocycles. The number of hydrogen-bond acceptors (Lipinski definition) is 3. The Morgan fingerprint density at radius 2 is 2.08 bits per heavy atom. The van der Waals surface area contributed by atoms with Crippen molar-refractivity contribution in [3.63, 3.8) is 0 Å². The number of urea groups is 1. The Labute approximate surface area is 139 Å². The number of likely N-dealkylation sites (tertiary alicyclic amines) is 1. The Morgan fingerprint density at radius 3 is 2.75 bits per heavy atom. The van der Waals surface area contributed by atoms with E-state index in [2.05, 4.69) is 5.32 Å². The second-order valence-electron chi connectivity index (χ2n) is 5.87. The number of halogens is 3. The fourth-order valence-electron chi connectivity index (χ4n) is 2.55. The highest BCUT2D eigenvalue weighted by Gasteiger charge is 2.34. The molecule has 1 fully saturated rings. The number of benzene rings is 1. The van der Waals surface area contributed by atoms with Crippen molar-refractivity contribution < 1.29 is 22.7 Å². The fraction of sp³-hybridized carbons (Fsp3) is 0.562. The normalized spacial score (nSPS) is 18.4. The van der Waals surface area contributed by atoms with Crippen molar-refractivity contribution in [3.8, 4) is 5.75 Å². The summed E-state index contributed by atoms with van der Waals surface area (Å²) >= 11 is 0. The van der Waals surface area contributed by atoms with Gasteiger partial charge in [0.15, 0.2) is 0 Å². The van der Waals surface area contributed by atoms with Crippen LogP contribution in [0.1, 0.15) is 6.42 Å². The molecular weight excluding hydrogens is 323 g/mol. The van der Waals surface area contributed by atoms with E-state index in [1.54, 1.807) is 7.05 Å². The molecule has 8 heteroatoms. The lowest BCUT2D eigenvalue weighted by molar-refractivity contribution is -0.143. The van der Waals surface area contributed by atoms with E-state index in [4.69, 9.17) is 4.74 Å². The third kappa shape index (κ3) is 6.27. The second kappa shape index (κ2) is 8.23. The molecule has 0 radical (unpaired) electrons. The standard InChI is InChI=1S/C16H22F3N3O2/c1-21(9-10-24-14-5-3-2-4-6-14)15(23)20-13-7-8-22(11-13)12-16(17,18)19/h2-6,13H,7-12H2,1H3,(H,20,23)/t13-/m0/s1. The topological polar surface area (TPSA) is 44.8 Å². The minimum absolute atomic E-state index is 0.222. The molecule has 24 heavy (non-hydrogen) atoms. The van der Waals surface area contributed by atoms with Gasteiger partial charge in [-0.1, -0.05) is 18.2 Å². The maximum Gasteiger partial charge on any atom is 0.401 e. The van der Waals surface area contributed by atoms with Crippen LogP contribution >= 0.6 is 0 Å². The molecule has 1 aromatic rings. The zero-order valence-corrected chi connectivity index (χ0v) is 13.6. The first-order chi connectivity index (χ1) is 11.3. The van der Waals surface area contributed by atoms with Crippen LogP contribution in [0.25, 0.3) is 0 Å². The first-order valence-corrected chi connectivity index (χ1v) is 7.82. The van der Waals surface area contributed by atoms with E-state index in [0.29, 0.717) is 26.1 Å². The van der Waals surface area contributed by atoms with Gasteiger partial charge in [0.1, 0.15) is 12.4 Å². The van der Waals surface area contributed by atoms with Crippen molar-refractivity contribution in [2.24, 2.45) is 0 Å². The van der Waals surface area contributed by atoms with Gasteiger partial charge < -0.3 is 15.0 Å². The maximum atomic E-state index is 12.4. The van der Waals surface area contributed by atoms with Gasteiger partial charge in [-0.2, -0.15) is 13.2 Å². The van der Waals surface area contributed by atoms with E-state index in [0.717, 1.165) is 5.75 Å². The van der Waals surface area contributed by atoms with Gasteiger partial charge in [-0.3, -0.25) is 4.90 Å². The van der Waals surface area contributed by atoms with Crippen LogP contribution in [0.5, 0.6) is 5.75 Å². The Kier molecular flexibility index (Phi) is 6.30. The van der Waals surface area contributed by atoms with Gasteiger partial charge in [0.05, 0.1) is 13.1 Å². The van der Waals surface area contributed by atoms with Crippen LogP contribution in [0.15, 0.2) is 30.3 Å². The maximum absolute atomic E-state index is 12.4. The summed E-state index contributed by atoms with van der Waals surface area (Å²) < 4.78 is 42.6. The number of alkyl halides is 3. The highest BCUT2D eigenvalue weighted by atomic mass is 19.4. The van der Waals surface area contributed by atoms with Crippen LogP contribution in [0, 0.1) is 0 Å².